The molecule has 1 heterocycles. The summed E-state index contributed by atoms with van der Waals surface area (Å²) in [7, 11) is 0. The van der Waals surface area contributed by atoms with Crippen LogP contribution in [-0.2, 0) is 11.3 Å². The smallest absolute Gasteiger partial charge is 0.246 e. The molecule has 0 aliphatic heterocycles. The third-order valence-electron chi connectivity index (χ3n) is 2.28. The van der Waals surface area contributed by atoms with Crippen molar-refractivity contribution < 1.29 is 13.7 Å². The minimum atomic E-state index is -0.550. The molecule has 0 aliphatic carbocycles. The van der Waals surface area contributed by atoms with Gasteiger partial charge in [-0.05, 0) is 12.1 Å². The molecule has 0 radical (unpaired) electrons. The Hall–Kier alpha value is -1.99. The van der Waals surface area contributed by atoms with E-state index < -0.39 is 5.82 Å². The van der Waals surface area contributed by atoms with Gasteiger partial charge in [0.1, 0.15) is 5.82 Å². The molecule has 100 valence electrons. The SMILES string of the molecule is NCC(=O)NCc1nc(-c2c(F)cccc2Cl)no1. The molecule has 8 heteroatoms. The number of nitrogens with zero attached hydrogens (tertiary/aromatic N) is 2. The molecule has 2 aromatic rings. The lowest BCUT2D eigenvalue weighted by Crippen LogP contribution is -2.29. The summed E-state index contributed by atoms with van der Waals surface area (Å²) >= 11 is 5.88. The summed E-state index contributed by atoms with van der Waals surface area (Å²) in [4.78, 5) is 14.9. The third kappa shape index (κ3) is 3.07. The lowest BCUT2D eigenvalue weighted by molar-refractivity contribution is -0.120. The van der Waals surface area contributed by atoms with E-state index in [4.69, 9.17) is 21.9 Å². The van der Waals surface area contributed by atoms with Crippen molar-refractivity contribution in [2.75, 3.05) is 6.54 Å². The summed E-state index contributed by atoms with van der Waals surface area (Å²) < 4.78 is 18.5. The van der Waals surface area contributed by atoms with E-state index in [0.29, 0.717) is 0 Å². The fourth-order valence-electron chi connectivity index (χ4n) is 1.39. The van der Waals surface area contributed by atoms with Crippen LogP contribution in [0.3, 0.4) is 0 Å². The van der Waals surface area contributed by atoms with Crippen LogP contribution in [0.2, 0.25) is 5.02 Å². The highest BCUT2D eigenvalue weighted by Crippen LogP contribution is 2.28. The number of carbonyl (C=O) groups is 1. The van der Waals surface area contributed by atoms with Gasteiger partial charge in [-0.3, -0.25) is 4.79 Å². The zero-order chi connectivity index (χ0) is 13.8. The fourth-order valence-corrected chi connectivity index (χ4v) is 1.63. The maximum atomic E-state index is 13.6. The van der Waals surface area contributed by atoms with Crippen molar-refractivity contribution in [2.24, 2.45) is 5.73 Å². The monoisotopic (exact) mass is 284 g/mol. The second-order valence-corrected chi connectivity index (χ2v) is 4.00. The van der Waals surface area contributed by atoms with Crippen molar-refractivity contribution in [3.05, 3.63) is 34.9 Å². The second-order valence-electron chi connectivity index (χ2n) is 3.59. The quantitative estimate of drug-likeness (QED) is 0.877. The van der Waals surface area contributed by atoms with Gasteiger partial charge in [-0.2, -0.15) is 4.98 Å². The van der Waals surface area contributed by atoms with E-state index in [-0.39, 0.29) is 41.3 Å². The molecule has 3 N–H and O–H groups in total. The normalized spacial score (nSPS) is 10.5. The number of aromatic nitrogens is 2. The van der Waals surface area contributed by atoms with E-state index in [2.05, 4.69) is 15.5 Å². The summed E-state index contributed by atoms with van der Waals surface area (Å²) in [5.74, 6) is -0.745. The number of hydrogen-bond donors (Lipinski definition) is 2. The molecule has 1 amide bonds. The highest BCUT2D eigenvalue weighted by molar-refractivity contribution is 6.33. The molecule has 0 bridgehead atoms. The third-order valence-corrected chi connectivity index (χ3v) is 2.59. The van der Waals surface area contributed by atoms with Gasteiger partial charge in [-0.25, -0.2) is 4.39 Å². The first-order chi connectivity index (χ1) is 9.11. The highest BCUT2D eigenvalue weighted by Gasteiger charge is 2.16. The van der Waals surface area contributed by atoms with Crippen LogP contribution < -0.4 is 11.1 Å². The first kappa shape index (κ1) is 13.4. The molecular weight excluding hydrogens is 275 g/mol. The van der Waals surface area contributed by atoms with E-state index in [9.17, 15) is 9.18 Å². The number of hydrogen-bond acceptors (Lipinski definition) is 5. The van der Waals surface area contributed by atoms with E-state index in [0.717, 1.165) is 0 Å². The molecule has 2 rings (SSSR count). The Balaban J connectivity index is 2.19. The number of rotatable bonds is 4. The molecule has 0 atom stereocenters. The van der Waals surface area contributed by atoms with Gasteiger partial charge < -0.3 is 15.6 Å². The predicted octanol–water partition coefficient (Wildman–Crippen LogP) is 1.10. The molecule has 0 spiro atoms. The molecule has 6 nitrogen and oxygen atoms in total. The Morgan fingerprint density at radius 3 is 3.00 bits per heavy atom. The largest absolute Gasteiger partial charge is 0.346 e. The molecule has 1 aromatic heterocycles. The Morgan fingerprint density at radius 2 is 2.32 bits per heavy atom. The van der Waals surface area contributed by atoms with Crippen molar-refractivity contribution in [1.82, 2.24) is 15.5 Å². The van der Waals surface area contributed by atoms with Crippen molar-refractivity contribution in [2.45, 2.75) is 6.54 Å². The van der Waals surface area contributed by atoms with Gasteiger partial charge in [0.05, 0.1) is 23.7 Å². The second kappa shape index (κ2) is 5.77. The average Bonchev–Trinajstić information content (AvgIpc) is 2.84. The molecule has 0 saturated heterocycles. The lowest BCUT2D eigenvalue weighted by atomic mass is 10.2. The lowest BCUT2D eigenvalue weighted by Gasteiger charge is -1.99. The van der Waals surface area contributed by atoms with Crippen molar-refractivity contribution in [3.63, 3.8) is 0 Å². The number of nitrogens with two attached hydrogens (primary N) is 1. The summed E-state index contributed by atoms with van der Waals surface area (Å²) in [6.07, 6.45) is 0. The topological polar surface area (TPSA) is 94.0 Å². The summed E-state index contributed by atoms with van der Waals surface area (Å²) in [6, 6.07) is 4.24. The molecular formula is C11H10ClFN4O2. The minimum Gasteiger partial charge on any atom is -0.346 e. The zero-order valence-electron chi connectivity index (χ0n) is 9.69. The van der Waals surface area contributed by atoms with Gasteiger partial charge in [-0.15, -0.1) is 0 Å². The number of benzene rings is 1. The summed E-state index contributed by atoms with van der Waals surface area (Å²) in [5.41, 5.74) is 5.19. The van der Waals surface area contributed by atoms with Crippen LogP contribution in [0.5, 0.6) is 0 Å². The zero-order valence-corrected chi connectivity index (χ0v) is 10.4. The molecule has 19 heavy (non-hydrogen) atoms. The van der Waals surface area contributed by atoms with Crippen LogP contribution in [0.25, 0.3) is 11.4 Å². The number of carbonyl (C=O) groups excluding carboxylic acids is 1. The Morgan fingerprint density at radius 1 is 1.53 bits per heavy atom. The van der Waals surface area contributed by atoms with Gasteiger partial charge >= 0.3 is 0 Å². The van der Waals surface area contributed by atoms with E-state index in [1.54, 1.807) is 0 Å². The number of halogens is 2. The maximum Gasteiger partial charge on any atom is 0.246 e. The maximum absolute atomic E-state index is 13.6. The van der Waals surface area contributed by atoms with Crippen LogP contribution in [0, 0.1) is 5.82 Å². The van der Waals surface area contributed by atoms with E-state index in [1.165, 1.54) is 18.2 Å². The van der Waals surface area contributed by atoms with Crippen LogP contribution in [0.15, 0.2) is 22.7 Å². The first-order valence-corrected chi connectivity index (χ1v) is 5.73. The van der Waals surface area contributed by atoms with Crippen LogP contribution >= 0.6 is 11.6 Å². The van der Waals surface area contributed by atoms with Gasteiger partial charge in [0, 0.05) is 0 Å². The minimum absolute atomic E-state index is 0.0229. The molecule has 0 unspecified atom stereocenters. The van der Waals surface area contributed by atoms with Crippen LogP contribution in [0.1, 0.15) is 5.89 Å². The van der Waals surface area contributed by atoms with Crippen LogP contribution in [0.4, 0.5) is 4.39 Å². The first-order valence-electron chi connectivity index (χ1n) is 5.35. The molecule has 0 fully saturated rings. The van der Waals surface area contributed by atoms with Gasteiger partial charge in [0.15, 0.2) is 0 Å². The Bertz CT molecular complexity index is 582. The average molecular weight is 285 g/mol. The Kier molecular flexibility index (Phi) is 4.08. The summed E-state index contributed by atoms with van der Waals surface area (Å²) in [5, 5.41) is 6.25. The summed E-state index contributed by atoms with van der Waals surface area (Å²) in [6.45, 7) is -0.116. The van der Waals surface area contributed by atoms with Crippen molar-refractivity contribution in [3.8, 4) is 11.4 Å². The van der Waals surface area contributed by atoms with Crippen molar-refractivity contribution >= 4 is 17.5 Å². The highest BCUT2D eigenvalue weighted by atomic mass is 35.5. The fraction of sp³-hybridized carbons (Fsp3) is 0.182. The standard InChI is InChI=1S/C11H10ClFN4O2/c12-6-2-1-3-7(13)10(6)11-16-9(19-17-11)5-15-8(18)4-14/h1-3H,4-5,14H2,(H,15,18). The number of nitrogens with one attached hydrogen (secondary N) is 1. The van der Waals surface area contributed by atoms with E-state index in [1.807, 2.05) is 0 Å². The molecule has 0 aliphatic rings. The van der Waals surface area contributed by atoms with Crippen molar-refractivity contribution in [1.29, 1.82) is 0 Å². The van der Waals surface area contributed by atoms with Crippen LogP contribution in [-0.4, -0.2) is 22.6 Å². The Labute approximate surface area is 112 Å². The van der Waals surface area contributed by atoms with E-state index >= 15 is 0 Å². The van der Waals surface area contributed by atoms with Gasteiger partial charge in [0.25, 0.3) is 0 Å². The molecule has 1 aromatic carbocycles. The predicted molar refractivity (Wildman–Crippen MR) is 65.6 cm³/mol. The number of amides is 1. The van der Waals surface area contributed by atoms with Gasteiger partial charge in [-0.1, -0.05) is 22.8 Å². The van der Waals surface area contributed by atoms with Gasteiger partial charge in [0.2, 0.25) is 17.6 Å². The molecule has 0 saturated carbocycles.